The highest BCUT2D eigenvalue weighted by Gasteiger charge is 2.34. The number of nitrogens with zero attached hydrogens (tertiary/aromatic N) is 2. The summed E-state index contributed by atoms with van der Waals surface area (Å²) in [6.45, 7) is 9.64. The zero-order valence-electron chi connectivity index (χ0n) is 17.6. The molecule has 0 aromatic carbocycles. The minimum atomic E-state index is -0.793. The Balaban J connectivity index is 2.11. The van der Waals surface area contributed by atoms with Crippen molar-refractivity contribution in [1.82, 2.24) is 9.55 Å². The lowest BCUT2D eigenvalue weighted by Crippen LogP contribution is -2.33. The maximum Gasteiger partial charge on any atom is 0.329 e. The van der Waals surface area contributed by atoms with Crippen molar-refractivity contribution in [3.05, 3.63) is 26.6 Å². The third-order valence-electron chi connectivity index (χ3n) is 5.15. The van der Waals surface area contributed by atoms with Crippen LogP contribution in [0.5, 0.6) is 0 Å². The zero-order chi connectivity index (χ0) is 21.3. The number of carbonyl (C=O) groups excluding carboxylic acids is 2. The average molecular weight is 421 g/mol. The van der Waals surface area contributed by atoms with Gasteiger partial charge in [0.1, 0.15) is 16.7 Å². The van der Waals surface area contributed by atoms with Crippen LogP contribution in [-0.4, -0.2) is 34.7 Å². The van der Waals surface area contributed by atoms with Gasteiger partial charge in [-0.1, -0.05) is 13.8 Å². The molecule has 0 saturated heterocycles. The van der Waals surface area contributed by atoms with E-state index in [1.807, 2.05) is 13.8 Å². The monoisotopic (exact) mass is 420 g/mol. The standard InChI is InChI=1S/C21H28N2O5S/c1-6-27-21(26)14-8-7-9-15-16(14)17-18(29-15)22-13(5)23(19(17)24)12(4)20(25)28-10-11(2)3/h11-12,14H,6-10H2,1-5H3. The summed E-state index contributed by atoms with van der Waals surface area (Å²) < 4.78 is 12.0. The molecule has 1 aliphatic carbocycles. The largest absolute Gasteiger partial charge is 0.466 e. The van der Waals surface area contributed by atoms with Crippen LogP contribution in [0.3, 0.4) is 0 Å². The van der Waals surface area contributed by atoms with Crippen molar-refractivity contribution in [2.75, 3.05) is 13.2 Å². The zero-order valence-corrected chi connectivity index (χ0v) is 18.4. The summed E-state index contributed by atoms with van der Waals surface area (Å²) in [7, 11) is 0. The maximum absolute atomic E-state index is 13.5. The third-order valence-corrected chi connectivity index (χ3v) is 6.31. The molecule has 0 amide bonds. The molecule has 0 aliphatic heterocycles. The Hall–Kier alpha value is -2.22. The Morgan fingerprint density at radius 1 is 1.28 bits per heavy atom. The van der Waals surface area contributed by atoms with Crippen molar-refractivity contribution in [3.63, 3.8) is 0 Å². The second-order valence-electron chi connectivity index (χ2n) is 7.85. The lowest BCUT2D eigenvalue weighted by molar-refractivity contribution is -0.148. The van der Waals surface area contributed by atoms with Gasteiger partial charge >= 0.3 is 11.9 Å². The summed E-state index contributed by atoms with van der Waals surface area (Å²) in [6, 6.07) is -0.793. The van der Waals surface area contributed by atoms with Crippen LogP contribution in [0.4, 0.5) is 0 Å². The van der Waals surface area contributed by atoms with Crippen LogP contribution in [0, 0.1) is 12.8 Å². The van der Waals surface area contributed by atoms with E-state index in [4.69, 9.17) is 9.47 Å². The minimum absolute atomic E-state index is 0.207. The van der Waals surface area contributed by atoms with Crippen LogP contribution < -0.4 is 5.56 Å². The van der Waals surface area contributed by atoms with Crippen molar-refractivity contribution in [2.45, 2.75) is 65.8 Å². The molecule has 0 bridgehead atoms. The fraction of sp³-hybridized carbons (Fsp3) is 0.619. The Kier molecular flexibility index (Phi) is 6.41. The Bertz CT molecular complexity index is 991. The van der Waals surface area contributed by atoms with Gasteiger partial charge in [-0.25, -0.2) is 9.78 Å². The van der Waals surface area contributed by atoms with Gasteiger partial charge in [0.2, 0.25) is 0 Å². The molecule has 2 unspecified atom stereocenters. The molecular formula is C21H28N2O5S. The number of aromatic nitrogens is 2. The molecule has 29 heavy (non-hydrogen) atoms. The van der Waals surface area contributed by atoms with Gasteiger partial charge in [0.25, 0.3) is 5.56 Å². The van der Waals surface area contributed by atoms with Gasteiger partial charge in [-0.15, -0.1) is 11.3 Å². The number of hydrogen-bond donors (Lipinski definition) is 0. The molecule has 2 heterocycles. The van der Waals surface area contributed by atoms with E-state index in [0.717, 1.165) is 23.3 Å². The molecule has 1 aliphatic rings. The van der Waals surface area contributed by atoms with Gasteiger partial charge in [-0.05, 0) is 51.5 Å². The van der Waals surface area contributed by atoms with Crippen LogP contribution in [0.1, 0.15) is 68.8 Å². The number of aryl methyl sites for hydroxylation is 2. The molecular weight excluding hydrogens is 392 g/mol. The molecule has 0 N–H and O–H groups in total. The normalized spacial score (nSPS) is 17.2. The van der Waals surface area contributed by atoms with Crippen molar-refractivity contribution >= 4 is 33.5 Å². The fourth-order valence-corrected chi connectivity index (χ4v) is 5.12. The number of fused-ring (bicyclic) bond motifs is 3. The first-order valence-corrected chi connectivity index (χ1v) is 11.0. The highest BCUT2D eigenvalue weighted by atomic mass is 32.1. The van der Waals surface area contributed by atoms with Crippen molar-refractivity contribution in [2.24, 2.45) is 5.92 Å². The average Bonchev–Trinajstić information content (AvgIpc) is 3.04. The Morgan fingerprint density at radius 3 is 2.66 bits per heavy atom. The molecule has 8 heteroatoms. The molecule has 0 spiro atoms. The number of thiophene rings is 1. The first-order valence-electron chi connectivity index (χ1n) is 10.1. The van der Waals surface area contributed by atoms with Gasteiger partial charge in [0.15, 0.2) is 0 Å². The topological polar surface area (TPSA) is 87.5 Å². The quantitative estimate of drug-likeness (QED) is 0.665. The van der Waals surface area contributed by atoms with E-state index in [9.17, 15) is 14.4 Å². The highest BCUT2D eigenvalue weighted by Crippen LogP contribution is 2.41. The molecule has 158 valence electrons. The van der Waals surface area contributed by atoms with Crippen molar-refractivity contribution in [1.29, 1.82) is 0 Å². The number of rotatable bonds is 6. The van der Waals surface area contributed by atoms with Gasteiger partial charge in [-0.2, -0.15) is 0 Å². The summed E-state index contributed by atoms with van der Waals surface area (Å²) in [5.41, 5.74) is 0.443. The fourth-order valence-electron chi connectivity index (χ4n) is 3.81. The summed E-state index contributed by atoms with van der Waals surface area (Å²) in [5, 5.41) is 0.442. The molecule has 2 aromatic rings. The van der Waals surface area contributed by atoms with E-state index < -0.39 is 17.9 Å². The van der Waals surface area contributed by atoms with E-state index >= 15 is 0 Å². The molecule has 2 atom stereocenters. The van der Waals surface area contributed by atoms with Gasteiger partial charge in [-0.3, -0.25) is 14.2 Å². The Labute approximate surface area is 174 Å². The van der Waals surface area contributed by atoms with E-state index in [0.29, 0.717) is 35.7 Å². The molecule has 3 rings (SSSR count). The molecule has 0 radical (unpaired) electrons. The van der Waals surface area contributed by atoms with E-state index in [1.165, 1.54) is 15.9 Å². The minimum Gasteiger partial charge on any atom is -0.466 e. The summed E-state index contributed by atoms with van der Waals surface area (Å²) in [6.07, 6.45) is 2.34. The third kappa shape index (κ3) is 4.08. The van der Waals surface area contributed by atoms with Crippen molar-refractivity contribution < 1.29 is 19.1 Å². The predicted octanol–water partition coefficient (Wildman–Crippen LogP) is 3.51. The Morgan fingerprint density at radius 2 is 2.00 bits per heavy atom. The molecule has 2 aromatic heterocycles. The highest BCUT2D eigenvalue weighted by molar-refractivity contribution is 7.18. The SMILES string of the molecule is CCOC(=O)C1CCCc2sc3nc(C)n(C(C)C(=O)OCC(C)C)c(=O)c3c21. The van der Waals surface area contributed by atoms with Gasteiger partial charge in [0.05, 0.1) is 24.5 Å². The summed E-state index contributed by atoms with van der Waals surface area (Å²) >= 11 is 1.46. The summed E-state index contributed by atoms with van der Waals surface area (Å²) in [4.78, 5) is 44.7. The van der Waals surface area contributed by atoms with Crippen molar-refractivity contribution in [3.8, 4) is 0 Å². The van der Waals surface area contributed by atoms with E-state index in [-0.39, 0.29) is 17.4 Å². The molecule has 0 fully saturated rings. The van der Waals surface area contributed by atoms with Gasteiger partial charge in [0, 0.05) is 4.88 Å². The number of esters is 2. The lowest BCUT2D eigenvalue weighted by Gasteiger charge is -2.22. The number of carbonyl (C=O) groups is 2. The molecule has 7 nitrogen and oxygen atoms in total. The number of hydrogen-bond acceptors (Lipinski definition) is 7. The van der Waals surface area contributed by atoms with Crippen LogP contribution in [0.2, 0.25) is 0 Å². The van der Waals surface area contributed by atoms with Gasteiger partial charge < -0.3 is 9.47 Å². The molecule has 0 saturated carbocycles. The van der Waals surface area contributed by atoms with Crippen LogP contribution in [0.15, 0.2) is 4.79 Å². The van der Waals surface area contributed by atoms with Crippen LogP contribution in [0.25, 0.3) is 10.2 Å². The second-order valence-corrected chi connectivity index (χ2v) is 8.93. The van der Waals surface area contributed by atoms with E-state index in [1.54, 1.807) is 20.8 Å². The number of ether oxygens (including phenoxy) is 2. The van der Waals surface area contributed by atoms with Crippen LogP contribution in [-0.2, 0) is 25.5 Å². The smallest absolute Gasteiger partial charge is 0.329 e. The first kappa shape index (κ1) is 21.5. The maximum atomic E-state index is 13.5. The first-order chi connectivity index (χ1) is 13.8. The van der Waals surface area contributed by atoms with Crippen LogP contribution >= 0.6 is 11.3 Å². The lowest BCUT2D eigenvalue weighted by atomic mass is 9.86. The predicted molar refractivity (Wildman–Crippen MR) is 111 cm³/mol. The van der Waals surface area contributed by atoms with E-state index in [2.05, 4.69) is 4.98 Å². The second kappa shape index (κ2) is 8.65. The summed E-state index contributed by atoms with van der Waals surface area (Å²) in [5.74, 6) is -0.553.